The Kier molecular flexibility index (Phi) is 4.41. The Morgan fingerprint density at radius 3 is 2.62 bits per heavy atom. The molecule has 3 rings (SSSR count). The lowest BCUT2D eigenvalue weighted by atomic mass is 9.97. The van der Waals surface area contributed by atoms with Gasteiger partial charge in [0, 0.05) is 22.2 Å². The number of nitro benzene ring substituents is 1. The molecule has 0 aliphatic heterocycles. The van der Waals surface area contributed by atoms with E-state index in [1.807, 2.05) is 20.8 Å². The molecule has 0 fully saturated rings. The standard InChI is InChI=1S/C18H16ClN3O4/c1-18(2,3)17-21-13-9-11(5-7-15(13)26-17)20-16(23)12-6-4-10(19)8-14(12)22(24)25/h4-9H,1-3H3,(H,20,23). The first-order chi connectivity index (χ1) is 12.1. The number of anilines is 1. The number of nitro groups is 1. The van der Waals surface area contributed by atoms with Gasteiger partial charge in [-0.3, -0.25) is 14.9 Å². The Hall–Kier alpha value is -2.93. The molecule has 26 heavy (non-hydrogen) atoms. The number of rotatable bonds is 3. The number of nitrogens with one attached hydrogen (secondary N) is 1. The highest BCUT2D eigenvalue weighted by atomic mass is 35.5. The van der Waals surface area contributed by atoms with E-state index in [0.29, 0.717) is 22.7 Å². The van der Waals surface area contributed by atoms with Gasteiger partial charge < -0.3 is 9.73 Å². The van der Waals surface area contributed by atoms with Gasteiger partial charge in [0.05, 0.1) is 4.92 Å². The number of amides is 1. The second kappa shape index (κ2) is 6.42. The smallest absolute Gasteiger partial charge is 0.283 e. The minimum absolute atomic E-state index is 0.0740. The second-order valence-electron chi connectivity index (χ2n) is 6.82. The number of fused-ring (bicyclic) bond motifs is 1. The zero-order chi connectivity index (χ0) is 19.1. The average Bonchev–Trinajstić information content (AvgIpc) is 2.98. The van der Waals surface area contributed by atoms with Crippen molar-refractivity contribution >= 4 is 40.0 Å². The summed E-state index contributed by atoms with van der Waals surface area (Å²) in [6.45, 7) is 5.96. The van der Waals surface area contributed by atoms with Gasteiger partial charge in [-0.25, -0.2) is 4.98 Å². The summed E-state index contributed by atoms with van der Waals surface area (Å²) in [5, 5.41) is 14.0. The van der Waals surface area contributed by atoms with E-state index in [2.05, 4.69) is 10.3 Å². The molecule has 7 nitrogen and oxygen atoms in total. The summed E-state index contributed by atoms with van der Waals surface area (Å²) in [6.07, 6.45) is 0. The van der Waals surface area contributed by atoms with Crippen molar-refractivity contribution in [3.63, 3.8) is 0 Å². The predicted molar refractivity (Wildman–Crippen MR) is 98.8 cm³/mol. The molecule has 0 atom stereocenters. The fraction of sp³-hybridized carbons (Fsp3) is 0.222. The summed E-state index contributed by atoms with van der Waals surface area (Å²) in [6, 6.07) is 8.91. The molecule has 1 amide bonds. The van der Waals surface area contributed by atoms with E-state index in [0.717, 1.165) is 6.07 Å². The van der Waals surface area contributed by atoms with Crippen LogP contribution in [0.2, 0.25) is 5.02 Å². The highest BCUT2D eigenvalue weighted by Gasteiger charge is 2.22. The van der Waals surface area contributed by atoms with Gasteiger partial charge in [-0.2, -0.15) is 0 Å². The predicted octanol–water partition coefficient (Wildman–Crippen LogP) is 4.94. The summed E-state index contributed by atoms with van der Waals surface area (Å²) in [5.41, 5.74) is 0.985. The van der Waals surface area contributed by atoms with Crippen LogP contribution >= 0.6 is 11.6 Å². The van der Waals surface area contributed by atoms with Crippen LogP contribution in [0.3, 0.4) is 0 Å². The van der Waals surface area contributed by atoms with Gasteiger partial charge in [0.1, 0.15) is 11.1 Å². The molecule has 0 aliphatic carbocycles. The molecule has 0 aliphatic rings. The van der Waals surface area contributed by atoms with E-state index >= 15 is 0 Å². The van der Waals surface area contributed by atoms with Crippen molar-refractivity contribution in [3.8, 4) is 0 Å². The van der Waals surface area contributed by atoms with Crippen LogP contribution in [-0.2, 0) is 5.41 Å². The summed E-state index contributed by atoms with van der Waals surface area (Å²) < 4.78 is 5.71. The second-order valence-corrected chi connectivity index (χ2v) is 7.26. The van der Waals surface area contributed by atoms with Gasteiger partial charge in [0.15, 0.2) is 5.58 Å². The van der Waals surface area contributed by atoms with Crippen LogP contribution in [0, 0.1) is 10.1 Å². The van der Waals surface area contributed by atoms with Gasteiger partial charge in [-0.15, -0.1) is 0 Å². The highest BCUT2D eigenvalue weighted by Crippen LogP contribution is 2.28. The Labute approximate surface area is 154 Å². The first-order valence-electron chi connectivity index (χ1n) is 7.81. The third kappa shape index (κ3) is 3.52. The van der Waals surface area contributed by atoms with Gasteiger partial charge in [-0.05, 0) is 30.3 Å². The molecule has 2 aromatic carbocycles. The molecule has 0 bridgehead atoms. The van der Waals surface area contributed by atoms with Crippen molar-refractivity contribution in [1.82, 2.24) is 4.98 Å². The van der Waals surface area contributed by atoms with E-state index in [1.54, 1.807) is 18.2 Å². The van der Waals surface area contributed by atoms with E-state index in [-0.39, 0.29) is 21.7 Å². The molecule has 1 N–H and O–H groups in total. The third-order valence-electron chi connectivity index (χ3n) is 3.69. The SMILES string of the molecule is CC(C)(C)c1nc2cc(NC(=O)c3ccc(Cl)cc3[N+](=O)[O-])ccc2o1. The minimum atomic E-state index is -0.642. The molecule has 1 aromatic heterocycles. The van der Waals surface area contributed by atoms with Crippen LogP contribution in [0.15, 0.2) is 40.8 Å². The van der Waals surface area contributed by atoms with Crippen molar-refractivity contribution in [2.75, 3.05) is 5.32 Å². The summed E-state index contributed by atoms with van der Waals surface area (Å²) >= 11 is 5.78. The van der Waals surface area contributed by atoms with Crippen LogP contribution in [0.5, 0.6) is 0 Å². The lowest BCUT2D eigenvalue weighted by Gasteiger charge is -2.11. The Morgan fingerprint density at radius 1 is 1.23 bits per heavy atom. The van der Waals surface area contributed by atoms with Crippen LogP contribution < -0.4 is 5.32 Å². The molecular weight excluding hydrogens is 358 g/mol. The van der Waals surface area contributed by atoms with Crippen LogP contribution in [-0.4, -0.2) is 15.8 Å². The quantitative estimate of drug-likeness (QED) is 0.518. The van der Waals surface area contributed by atoms with Crippen LogP contribution in [0.4, 0.5) is 11.4 Å². The zero-order valence-electron chi connectivity index (χ0n) is 14.4. The van der Waals surface area contributed by atoms with Gasteiger partial charge >= 0.3 is 0 Å². The minimum Gasteiger partial charge on any atom is -0.440 e. The Morgan fingerprint density at radius 2 is 1.96 bits per heavy atom. The number of carbonyl (C=O) groups excluding carboxylic acids is 1. The van der Waals surface area contributed by atoms with Crippen LogP contribution in [0.1, 0.15) is 37.0 Å². The normalized spacial score (nSPS) is 11.5. The molecule has 0 saturated heterocycles. The zero-order valence-corrected chi connectivity index (χ0v) is 15.1. The van der Waals surface area contributed by atoms with Gasteiger partial charge in [-0.1, -0.05) is 32.4 Å². The maximum atomic E-state index is 12.4. The topological polar surface area (TPSA) is 98.3 Å². The van der Waals surface area contributed by atoms with E-state index in [1.165, 1.54) is 12.1 Å². The maximum absolute atomic E-state index is 12.4. The number of hydrogen-bond donors (Lipinski definition) is 1. The number of hydrogen-bond acceptors (Lipinski definition) is 5. The Balaban J connectivity index is 1.91. The van der Waals surface area contributed by atoms with Crippen molar-refractivity contribution in [3.05, 3.63) is 63.0 Å². The molecule has 0 radical (unpaired) electrons. The number of carbonyl (C=O) groups is 1. The molecular formula is C18H16ClN3O4. The molecule has 0 saturated carbocycles. The Bertz CT molecular complexity index is 1020. The van der Waals surface area contributed by atoms with Crippen molar-refractivity contribution in [2.24, 2.45) is 0 Å². The number of nitrogens with zero attached hydrogens (tertiary/aromatic N) is 2. The number of aromatic nitrogens is 1. The summed E-state index contributed by atoms with van der Waals surface area (Å²) in [5.74, 6) is -0.0171. The fourth-order valence-corrected chi connectivity index (χ4v) is 2.54. The molecule has 0 unspecified atom stereocenters. The third-order valence-corrected chi connectivity index (χ3v) is 3.92. The number of benzene rings is 2. The first-order valence-corrected chi connectivity index (χ1v) is 8.19. The number of oxazole rings is 1. The maximum Gasteiger partial charge on any atom is 0.283 e. The van der Waals surface area contributed by atoms with Crippen LogP contribution in [0.25, 0.3) is 11.1 Å². The molecule has 0 spiro atoms. The fourth-order valence-electron chi connectivity index (χ4n) is 2.37. The number of halogens is 1. The molecule has 1 heterocycles. The van der Waals surface area contributed by atoms with Crippen molar-refractivity contribution in [2.45, 2.75) is 26.2 Å². The van der Waals surface area contributed by atoms with Crippen molar-refractivity contribution < 1.29 is 14.1 Å². The average molecular weight is 374 g/mol. The molecule has 3 aromatic rings. The lowest BCUT2D eigenvalue weighted by Crippen LogP contribution is -2.14. The first kappa shape index (κ1) is 17.9. The molecule has 8 heteroatoms. The van der Waals surface area contributed by atoms with Crippen molar-refractivity contribution in [1.29, 1.82) is 0 Å². The van der Waals surface area contributed by atoms with Gasteiger partial charge in [0.25, 0.3) is 11.6 Å². The lowest BCUT2D eigenvalue weighted by molar-refractivity contribution is -0.385. The largest absolute Gasteiger partial charge is 0.440 e. The van der Waals surface area contributed by atoms with Gasteiger partial charge in [0.2, 0.25) is 5.89 Å². The summed E-state index contributed by atoms with van der Waals surface area (Å²) in [4.78, 5) is 27.4. The monoisotopic (exact) mass is 373 g/mol. The summed E-state index contributed by atoms with van der Waals surface area (Å²) in [7, 11) is 0. The molecule has 134 valence electrons. The van der Waals surface area contributed by atoms with E-state index < -0.39 is 10.8 Å². The highest BCUT2D eigenvalue weighted by molar-refractivity contribution is 6.31. The van der Waals surface area contributed by atoms with E-state index in [4.69, 9.17) is 16.0 Å². The van der Waals surface area contributed by atoms with E-state index in [9.17, 15) is 14.9 Å².